The van der Waals surface area contributed by atoms with E-state index in [0.717, 1.165) is 11.3 Å². The first-order valence-electron chi connectivity index (χ1n) is 9.04. The summed E-state index contributed by atoms with van der Waals surface area (Å²) in [6.45, 7) is 4.41. The highest BCUT2D eigenvalue weighted by atomic mass is 32.2. The molecule has 7 heteroatoms. The molecule has 1 aliphatic rings. The van der Waals surface area contributed by atoms with E-state index in [1.54, 1.807) is 30.0 Å². The van der Waals surface area contributed by atoms with Crippen LogP contribution in [0.4, 0.5) is 5.69 Å². The molecule has 1 amide bonds. The number of rotatable bonds is 7. The van der Waals surface area contributed by atoms with Crippen LogP contribution in [0.3, 0.4) is 0 Å². The van der Waals surface area contributed by atoms with Crippen molar-refractivity contribution < 1.29 is 17.9 Å². The van der Waals surface area contributed by atoms with E-state index in [1.807, 2.05) is 37.3 Å². The van der Waals surface area contributed by atoms with Crippen LogP contribution in [0.5, 0.6) is 5.75 Å². The predicted octanol–water partition coefficient (Wildman–Crippen LogP) is 2.73. The fourth-order valence-corrected chi connectivity index (χ4v) is 4.38. The maximum atomic E-state index is 12.7. The topological polar surface area (TPSA) is 75.7 Å². The standard InChI is InChI=1S/C20H24N2O4S/c1-3-20(23)22-12-11-16-13-18(9-10-19(16)22)27(24,25)21-15(2)14-26-17-7-5-4-6-8-17/h4-10,13,15,21H,3,11-12,14H2,1-2H3. The van der Waals surface area contributed by atoms with Gasteiger partial charge in [-0.3, -0.25) is 4.79 Å². The fourth-order valence-electron chi connectivity index (χ4n) is 3.10. The van der Waals surface area contributed by atoms with E-state index in [4.69, 9.17) is 4.74 Å². The number of ether oxygens (including phenoxy) is 1. The number of anilines is 1. The average molecular weight is 388 g/mol. The largest absolute Gasteiger partial charge is 0.492 e. The highest BCUT2D eigenvalue weighted by Gasteiger charge is 2.26. The molecule has 0 bridgehead atoms. The Kier molecular flexibility index (Phi) is 5.82. The van der Waals surface area contributed by atoms with E-state index in [9.17, 15) is 13.2 Å². The van der Waals surface area contributed by atoms with Gasteiger partial charge in [0.05, 0.1) is 10.9 Å². The molecule has 144 valence electrons. The third-order valence-electron chi connectivity index (χ3n) is 4.46. The number of nitrogens with one attached hydrogen (secondary N) is 1. The number of fused-ring (bicyclic) bond motifs is 1. The average Bonchev–Trinajstić information content (AvgIpc) is 3.09. The van der Waals surface area contributed by atoms with Gasteiger partial charge in [0.1, 0.15) is 12.4 Å². The predicted molar refractivity (Wildman–Crippen MR) is 105 cm³/mol. The van der Waals surface area contributed by atoms with E-state index in [-0.39, 0.29) is 23.5 Å². The Morgan fingerprint density at radius 3 is 2.67 bits per heavy atom. The van der Waals surface area contributed by atoms with Gasteiger partial charge in [0, 0.05) is 18.7 Å². The molecule has 0 spiro atoms. The summed E-state index contributed by atoms with van der Waals surface area (Å²) in [5.74, 6) is 0.746. The van der Waals surface area contributed by atoms with E-state index in [2.05, 4.69) is 4.72 Å². The van der Waals surface area contributed by atoms with Crippen molar-refractivity contribution in [2.75, 3.05) is 18.1 Å². The summed E-state index contributed by atoms with van der Waals surface area (Å²) in [4.78, 5) is 13.9. The number of hydrogen-bond donors (Lipinski definition) is 1. The van der Waals surface area contributed by atoms with Crippen LogP contribution in [0.25, 0.3) is 0 Å². The van der Waals surface area contributed by atoms with Gasteiger partial charge < -0.3 is 9.64 Å². The van der Waals surface area contributed by atoms with Crippen LogP contribution in [0.2, 0.25) is 0 Å². The Bertz CT molecular complexity index is 913. The number of carbonyl (C=O) groups excluding carboxylic acids is 1. The first-order valence-corrected chi connectivity index (χ1v) is 10.5. The van der Waals surface area contributed by atoms with Gasteiger partial charge in [0.15, 0.2) is 0 Å². The molecule has 1 atom stereocenters. The Morgan fingerprint density at radius 1 is 1.22 bits per heavy atom. The minimum atomic E-state index is -3.66. The van der Waals surface area contributed by atoms with Gasteiger partial charge in [-0.2, -0.15) is 0 Å². The zero-order chi connectivity index (χ0) is 19.4. The van der Waals surface area contributed by atoms with Crippen molar-refractivity contribution in [1.29, 1.82) is 0 Å². The number of nitrogens with zero attached hydrogens (tertiary/aromatic N) is 1. The van der Waals surface area contributed by atoms with Gasteiger partial charge >= 0.3 is 0 Å². The smallest absolute Gasteiger partial charge is 0.240 e. The summed E-state index contributed by atoms with van der Waals surface area (Å²) >= 11 is 0. The number of amides is 1. The molecule has 6 nitrogen and oxygen atoms in total. The molecule has 0 fully saturated rings. The minimum absolute atomic E-state index is 0.0502. The molecule has 0 aromatic heterocycles. The lowest BCUT2D eigenvalue weighted by Crippen LogP contribution is -2.36. The quantitative estimate of drug-likeness (QED) is 0.791. The van der Waals surface area contributed by atoms with Crippen molar-refractivity contribution in [3.8, 4) is 5.75 Å². The Morgan fingerprint density at radius 2 is 1.96 bits per heavy atom. The second-order valence-electron chi connectivity index (χ2n) is 6.59. The number of para-hydroxylation sites is 1. The van der Waals surface area contributed by atoms with Gasteiger partial charge in [-0.05, 0) is 49.2 Å². The number of carbonyl (C=O) groups is 1. The second kappa shape index (κ2) is 8.10. The molecule has 1 unspecified atom stereocenters. The molecule has 2 aromatic rings. The van der Waals surface area contributed by atoms with Gasteiger partial charge in [-0.1, -0.05) is 25.1 Å². The van der Waals surface area contributed by atoms with Crippen molar-refractivity contribution in [3.63, 3.8) is 0 Å². The molecular formula is C20H24N2O4S. The van der Waals surface area contributed by atoms with Crippen molar-refractivity contribution in [2.24, 2.45) is 0 Å². The maximum Gasteiger partial charge on any atom is 0.240 e. The summed E-state index contributed by atoms with van der Waals surface area (Å²) in [6, 6.07) is 13.8. The number of hydrogen-bond acceptors (Lipinski definition) is 4. The third-order valence-corrected chi connectivity index (χ3v) is 6.05. The van der Waals surface area contributed by atoms with Crippen LogP contribution in [-0.4, -0.2) is 33.5 Å². The van der Waals surface area contributed by atoms with Crippen LogP contribution < -0.4 is 14.4 Å². The minimum Gasteiger partial charge on any atom is -0.492 e. The first-order chi connectivity index (χ1) is 12.9. The van der Waals surface area contributed by atoms with Crippen molar-refractivity contribution >= 4 is 21.6 Å². The number of benzene rings is 2. The first kappa shape index (κ1) is 19.4. The van der Waals surface area contributed by atoms with Gasteiger partial charge in [-0.25, -0.2) is 13.1 Å². The summed E-state index contributed by atoms with van der Waals surface area (Å²) in [5, 5.41) is 0. The van der Waals surface area contributed by atoms with E-state index in [0.29, 0.717) is 25.1 Å². The van der Waals surface area contributed by atoms with E-state index < -0.39 is 10.0 Å². The molecule has 1 N–H and O–H groups in total. The van der Waals surface area contributed by atoms with E-state index in [1.165, 1.54) is 0 Å². The normalized spacial score (nSPS) is 14.7. The maximum absolute atomic E-state index is 12.7. The zero-order valence-corrected chi connectivity index (χ0v) is 16.3. The molecular weight excluding hydrogens is 364 g/mol. The molecule has 2 aromatic carbocycles. The molecule has 0 radical (unpaired) electrons. The third kappa shape index (κ3) is 4.48. The van der Waals surface area contributed by atoms with Gasteiger partial charge in [0.25, 0.3) is 0 Å². The van der Waals surface area contributed by atoms with E-state index >= 15 is 0 Å². The lowest BCUT2D eigenvalue weighted by Gasteiger charge is -2.18. The molecule has 0 saturated carbocycles. The van der Waals surface area contributed by atoms with Crippen LogP contribution in [0.15, 0.2) is 53.4 Å². The fraction of sp³-hybridized carbons (Fsp3) is 0.350. The Labute approximate surface area is 160 Å². The summed E-state index contributed by atoms with van der Waals surface area (Å²) in [6.07, 6.45) is 1.09. The highest BCUT2D eigenvalue weighted by Crippen LogP contribution is 2.30. The lowest BCUT2D eigenvalue weighted by molar-refractivity contribution is -0.118. The van der Waals surface area contributed by atoms with Crippen molar-refractivity contribution in [1.82, 2.24) is 4.72 Å². The van der Waals surface area contributed by atoms with Gasteiger partial charge in [0.2, 0.25) is 15.9 Å². The van der Waals surface area contributed by atoms with Crippen molar-refractivity contribution in [2.45, 2.75) is 37.6 Å². The number of sulfonamides is 1. The molecule has 3 rings (SSSR count). The zero-order valence-electron chi connectivity index (χ0n) is 15.5. The molecule has 1 aliphatic heterocycles. The summed E-state index contributed by atoms with van der Waals surface area (Å²) in [7, 11) is -3.66. The lowest BCUT2D eigenvalue weighted by atomic mass is 10.2. The highest BCUT2D eigenvalue weighted by molar-refractivity contribution is 7.89. The van der Waals surface area contributed by atoms with Gasteiger partial charge in [-0.15, -0.1) is 0 Å². The molecule has 0 aliphatic carbocycles. The summed E-state index contributed by atoms with van der Waals surface area (Å²) in [5.41, 5.74) is 1.69. The Balaban J connectivity index is 1.67. The molecule has 0 saturated heterocycles. The Hall–Kier alpha value is -2.38. The SMILES string of the molecule is CCC(=O)N1CCc2cc(S(=O)(=O)NC(C)COc3ccccc3)ccc21. The van der Waals surface area contributed by atoms with Crippen LogP contribution in [0, 0.1) is 0 Å². The molecule has 27 heavy (non-hydrogen) atoms. The monoisotopic (exact) mass is 388 g/mol. The summed E-state index contributed by atoms with van der Waals surface area (Å²) < 4.78 is 33.6. The van der Waals surface area contributed by atoms with Crippen molar-refractivity contribution in [3.05, 3.63) is 54.1 Å². The van der Waals surface area contributed by atoms with Crippen LogP contribution in [-0.2, 0) is 21.2 Å². The second-order valence-corrected chi connectivity index (χ2v) is 8.30. The van der Waals surface area contributed by atoms with Crippen LogP contribution >= 0.6 is 0 Å². The molecule has 1 heterocycles. The van der Waals surface area contributed by atoms with Crippen LogP contribution in [0.1, 0.15) is 25.8 Å².